The van der Waals surface area contributed by atoms with Gasteiger partial charge in [-0.05, 0) is 30.3 Å². The Kier molecular flexibility index (Phi) is 5.28. The molecule has 2 aromatic heterocycles. The minimum Gasteiger partial charge on any atom is -0.368 e. The number of anilines is 3. The average molecular weight is 396 g/mol. The Bertz CT molecular complexity index is 1010. The zero-order valence-corrected chi connectivity index (χ0v) is 15.4. The maximum absolute atomic E-state index is 13.3. The molecule has 1 aliphatic rings. The highest BCUT2D eigenvalue weighted by atomic mass is 19.2. The second-order valence-electron chi connectivity index (χ2n) is 6.51. The molecule has 1 fully saturated rings. The molecule has 3 heterocycles. The zero-order valence-electron chi connectivity index (χ0n) is 15.4. The Morgan fingerprint density at radius 1 is 0.862 bits per heavy atom. The van der Waals surface area contributed by atoms with Gasteiger partial charge in [-0.1, -0.05) is 0 Å². The van der Waals surface area contributed by atoms with Gasteiger partial charge < -0.3 is 15.1 Å². The topological polar surface area (TPSA) is 74.2 Å². The normalized spacial score (nSPS) is 14.0. The van der Waals surface area contributed by atoms with Crippen molar-refractivity contribution in [2.45, 2.75) is 0 Å². The van der Waals surface area contributed by atoms with Crippen LogP contribution in [0.3, 0.4) is 0 Å². The number of piperazine rings is 1. The first kappa shape index (κ1) is 18.7. The van der Waals surface area contributed by atoms with Crippen LogP contribution in [0.5, 0.6) is 0 Å². The number of aromatic nitrogens is 3. The lowest BCUT2D eigenvalue weighted by Crippen LogP contribution is -2.47. The van der Waals surface area contributed by atoms with Crippen molar-refractivity contribution >= 4 is 23.2 Å². The molecule has 148 valence electrons. The van der Waals surface area contributed by atoms with Crippen LogP contribution in [-0.4, -0.2) is 47.0 Å². The number of carbonyl (C=O) groups excluding carboxylic acids is 1. The highest BCUT2D eigenvalue weighted by Gasteiger charge is 2.20. The molecule has 3 aromatic rings. The van der Waals surface area contributed by atoms with Gasteiger partial charge in [0.2, 0.25) is 5.95 Å². The fraction of sp³-hybridized carbons (Fsp3) is 0.200. The molecular weight excluding hydrogens is 378 g/mol. The van der Waals surface area contributed by atoms with E-state index in [9.17, 15) is 13.6 Å². The number of hydrogen-bond acceptors (Lipinski definition) is 6. The Morgan fingerprint density at radius 2 is 1.59 bits per heavy atom. The molecule has 0 bridgehead atoms. The summed E-state index contributed by atoms with van der Waals surface area (Å²) >= 11 is 0. The summed E-state index contributed by atoms with van der Waals surface area (Å²) in [5.41, 5.74) is 1.22. The van der Waals surface area contributed by atoms with Gasteiger partial charge in [0.15, 0.2) is 11.6 Å². The first-order valence-electron chi connectivity index (χ1n) is 9.09. The summed E-state index contributed by atoms with van der Waals surface area (Å²) in [7, 11) is 0. The second-order valence-corrected chi connectivity index (χ2v) is 6.51. The van der Waals surface area contributed by atoms with Crippen LogP contribution in [0.15, 0.2) is 55.0 Å². The molecule has 0 atom stereocenters. The van der Waals surface area contributed by atoms with Crippen LogP contribution in [0.1, 0.15) is 10.5 Å². The predicted octanol–water partition coefficient (Wildman–Crippen LogP) is 2.73. The first-order chi connectivity index (χ1) is 14.1. The third-order valence-corrected chi connectivity index (χ3v) is 4.63. The van der Waals surface area contributed by atoms with E-state index in [1.165, 1.54) is 6.07 Å². The van der Waals surface area contributed by atoms with E-state index in [1.54, 1.807) is 30.7 Å². The summed E-state index contributed by atoms with van der Waals surface area (Å²) in [5.74, 6) is -1.78. The van der Waals surface area contributed by atoms with E-state index >= 15 is 0 Å². The van der Waals surface area contributed by atoms with E-state index in [-0.39, 0.29) is 11.4 Å². The minimum absolute atomic E-state index is 0.164. The molecule has 1 saturated heterocycles. The molecule has 7 nitrogen and oxygen atoms in total. The number of nitrogens with zero attached hydrogens (tertiary/aromatic N) is 5. The number of carbonyl (C=O) groups is 1. The minimum atomic E-state index is -1.02. The molecule has 0 saturated carbocycles. The summed E-state index contributed by atoms with van der Waals surface area (Å²) in [6.07, 6.45) is 4.99. The fourth-order valence-electron chi connectivity index (χ4n) is 3.13. The quantitative estimate of drug-likeness (QED) is 0.731. The maximum atomic E-state index is 13.3. The van der Waals surface area contributed by atoms with Crippen LogP contribution in [0.2, 0.25) is 0 Å². The molecule has 1 aliphatic heterocycles. The SMILES string of the molecule is O=C(Nc1ccc(F)c(F)c1)c1cc(N2CCN(c3ncccn3)CC2)ccn1. The van der Waals surface area contributed by atoms with Gasteiger partial charge in [-0.25, -0.2) is 18.7 Å². The van der Waals surface area contributed by atoms with Gasteiger partial charge in [-0.15, -0.1) is 0 Å². The average Bonchev–Trinajstić information content (AvgIpc) is 2.77. The van der Waals surface area contributed by atoms with Gasteiger partial charge in [0.25, 0.3) is 5.91 Å². The summed E-state index contributed by atoms with van der Waals surface area (Å²) in [4.78, 5) is 29.3. The van der Waals surface area contributed by atoms with E-state index < -0.39 is 17.5 Å². The van der Waals surface area contributed by atoms with Crippen LogP contribution >= 0.6 is 0 Å². The smallest absolute Gasteiger partial charge is 0.274 e. The third kappa shape index (κ3) is 4.29. The Labute approximate surface area is 166 Å². The summed E-state index contributed by atoms with van der Waals surface area (Å²) in [6.45, 7) is 2.99. The largest absolute Gasteiger partial charge is 0.368 e. The molecule has 0 aliphatic carbocycles. The van der Waals surface area contributed by atoms with Crippen molar-refractivity contribution in [3.05, 3.63) is 72.3 Å². The van der Waals surface area contributed by atoms with Crippen molar-refractivity contribution in [3.8, 4) is 0 Å². The molecule has 1 N–H and O–H groups in total. The standard InChI is InChI=1S/C20H18F2N6O/c21-16-3-2-14(12-17(16)22)26-19(29)18-13-15(4-7-23-18)27-8-10-28(11-9-27)20-24-5-1-6-25-20/h1-7,12-13H,8-11H2,(H,26,29). The number of pyridine rings is 1. The fourth-order valence-corrected chi connectivity index (χ4v) is 3.13. The Morgan fingerprint density at radius 3 is 2.31 bits per heavy atom. The van der Waals surface area contributed by atoms with Crippen molar-refractivity contribution < 1.29 is 13.6 Å². The van der Waals surface area contributed by atoms with Gasteiger partial charge in [-0.3, -0.25) is 9.78 Å². The summed E-state index contributed by atoms with van der Waals surface area (Å²) < 4.78 is 26.4. The van der Waals surface area contributed by atoms with Gasteiger partial charge >= 0.3 is 0 Å². The van der Waals surface area contributed by atoms with E-state index in [4.69, 9.17) is 0 Å². The van der Waals surface area contributed by atoms with Crippen LogP contribution in [0, 0.1) is 11.6 Å². The van der Waals surface area contributed by atoms with Crippen LogP contribution < -0.4 is 15.1 Å². The summed E-state index contributed by atoms with van der Waals surface area (Å²) in [5, 5.41) is 2.53. The molecule has 9 heteroatoms. The molecular formula is C20H18F2N6O. The zero-order chi connectivity index (χ0) is 20.2. The molecule has 1 amide bonds. The predicted molar refractivity (Wildman–Crippen MR) is 105 cm³/mol. The van der Waals surface area contributed by atoms with Crippen molar-refractivity contribution in [2.24, 2.45) is 0 Å². The van der Waals surface area contributed by atoms with E-state index in [1.807, 2.05) is 6.07 Å². The summed E-state index contributed by atoms with van der Waals surface area (Å²) in [6, 6.07) is 8.49. The molecule has 0 radical (unpaired) electrons. The number of hydrogen-bond donors (Lipinski definition) is 1. The number of rotatable bonds is 4. The van der Waals surface area contributed by atoms with E-state index in [0.29, 0.717) is 5.95 Å². The Hall–Kier alpha value is -3.62. The van der Waals surface area contributed by atoms with Crippen molar-refractivity contribution in [1.82, 2.24) is 15.0 Å². The number of nitrogens with one attached hydrogen (secondary N) is 1. The Balaban J connectivity index is 1.42. The van der Waals surface area contributed by atoms with Crippen molar-refractivity contribution in [2.75, 3.05) is 41.3 Å². The number of amides is 1. The second kappa shape index (κ2) is 8.17. The van der Waals surface area contributed by atoms with Gasteiger partial charge in [0.05, 0.1) is 0 Å². The molecule has 4 rings (SSSR count). The van der Waals surface area contributed by atoms with Crippen molar-refractivity contribution in [1.29, 1.82) is 0 Å². The first-order valence-corrected chi connectivity index (χ1v) is 9.09. The van der Waals surface area contributed by atoms with Gasteiger partial charge in [0.1, 0.15) is 5.69 Å². The molecule has 0 unspecified atom stereocenters. The van der Waals surface area contributed by atoms with Crippen LogP contribution in [0.4, 0.5) is 26.1 Å². The van der Waals surface area contributed by atoms with Crippen LogP contribution in [0.25, 0.3) is 0 Å². The lowest BCUT2D eigenvalue weighted by molar-refractivity contribution is 0.102. The van der Waals surface area contributed by atoms with Crippen LogP contribution in [-0.2, 0) is 0 Å². The molecule has 29 heavy (non-hydrogen) atoms. The third-order valence-electron chi connectivity index (χ3n) is 4.63. The van der Waals surface area contributed by atoms with E-state index in [0.717, 1.165) is 44.0 Å². The monoisotopic (exact) mass is 396 g/mol. The van der Waals surface area contributed by atoms with Gasteiger partial charge in [0, 0.05) is 62.2 Å². The number of halogens is 2. The lowest BCUT2D eigenvalue weighted by Gasteiger charge is -2.36. The maximum Gasteiger partial charge on any atom is 0.274 e. The van der Waals surface area contributed by atoms with Gasteiger partial charge in [-0.2, -0.15) is 0 Å². The highest BCUT2D eigenvalue weighted by molar-refractivity contribution is 6.03. The van der Waals surface area contributed by atoms with E-state index in [2.05, 4.69) is 30.1 Å². The molecule has 1 aromatic carbocycles. The molecule has 0 spiro atoms. The number of benzene rings is 1. The highest BCUT2D eigenvalue weighted by Crippen LogP contribution is 2.20. The van der Waals surface area contributed by atoms with Crippen molar-refractivity contribution in [3.63, 3.8) is 0 Å². The lowest BCUT2D eigenvalue weighted by atomic mass is 10.2.